The highest BCUT2D eigenvalue weighted by Crippen LogP contribution is 2.36. The van der Waals surface area contributed by atoms with Crippen LogP contribution >= 0.6 is 0 Å². The average Bonchev–Trinajstić information content (AvgIpc) is 3.23. The predicted octanol–water partition coefficient (Wildman–Crippen LogP) is 4.34. The van der Waals surface area contributed by atoms with Gasteiger partial charge >= 0.3 is 5.97 Å². The maximum Gasteiger partial charge on any atom is 0.309 e. The van der Waals surface area contributed by atoms with E-state index >= 15 is 0 Å². The summed E-state index contributed by atoms with van der Waals surface area (Å²) in [6.45, 7) is 2.40. The van der Waals surface area contributed by atoms with E-state index in [1.54, 1.807) is 32.2 Å². The zero-order chi connectivity index (χ0) is 23.6. The molecule has 3 N–H and O–H groups in total. The number of aromatic nitrogens is 1. The van der Waals surface area contributed by atoms with E-state index in [4.69, 9.17) is 4.74 Å². The molecule has 1 fully saturated rings. The first kappa shape index (κ1) is 23.5. The Hall–Kier alpha value is -2.68. The first-order valence-corrected chi connectivity index (χ1v) is 12.7. The van der Waals surface area contributed by atoms with Crippen LogP contribution in [0.15, 0.2) is 53.4 Å². The first-order chi connectivity index (χ1) is 15.7. The lowest BCUT2D eigenvalue weighted by molar-refractivity contribution is -0.149. The van der Waals surface area contributed by atoms with Crippen molar-refractivity contribution in [1.29, 1.82) is 0 Å². The molecular weight excluding hydrogens is 440 g/mol. The van der Waals surface area contributed by atoms with E-state index in [9.17, 15) is 18.3 Å². The smallest absolute Gasteiger partial charge is 0.309 e. The van der Waals surface area contributed by atoms with Crippen molar-refractivity contribution in [2.45, 2.75) is 50.0 Å². The van der Waals surface area contributed by atoms with Crippen LogP contribution in [0.1, 0.15) is 38.2 Å². The van der Waals surface area contributed by atoms with Crippen molar-refractivity contribution in [1.82, 2.24) is 9.71 Å². The summed E-state index contributed by atoms with van der Waals surface area (Å²) in [5, 5.41) is 10.3. The van der Waals surface area contributed by atoms with Crippen LogP contribution in [0.4, 0.5) is 0 Å². The largest absolute Gasteiger partial charge is 0.481 e. The summed E-state index contributed by atoms with van der Waals surface area (Å²) >= 11 is 0. The summed E-state index contributed by atoms with van der Waals surface area (Å²) in [4.78, 5) is 15.0. The fraction of sp³-hybridized carbons (Fsp3) is 0.400. The van der Waals surface area contributed by atoms with Gasteiger partial charge in [0.25, 0.3) is 0 Å². The fourth-order valence-electron chi connectivity index (χ4n) is 4.37. The number of methoxy groups -OCH3 is 1. The van der Waals surface area contributed by atoms with E-state index in [1.807, 2.05) is 18.2 Å². The standard InChI is InChI=1S/C25H30N2O5S/c1-25(24(28)29)12-9-20(10-13-25)27-33(30,31)21-8-7-19-15-22(26-23(19)16-21)18-5-3-17(4-6-18)11-14-32-2/h3-8,15-16,20,26-27H,9-14H2,1-2H3,(H,28,29). The highest BCUT2D eigenvalue weighted by molar-refractivity contribution is 7.89. The van der Waals surface area contributed by atoms with Crippen LogP contribution in [-0.2, 0) is 26.0 Å². The SMILES string of the molecule is COCCc1ccc(-c2cc3ccc(S(=O)(=O)NC4CCC(C)(C(=O)O)CC4)cc3[nH]2)cc1. The zero-order valence-electron chi connectivity index (χ0n) is 18.9. The highest BCUT2D eigenvalue weighted by atomic mass is 32.2. The lowest BCUT2D eigenvalue weighted by Crippen LogP contribution is -2.42. The average molecular weight is 471 g/mol. The molecule has 0 radical (unpaired) electrons. The second-order valence-corrected chi connectivity index (χ2v) is 10.8. The molecule has 2 aromatic carbocycles. The molecule has 0 aliphatic heterocycles. The summed E-state index contributed by atoms with van der Waals surface area (Å²) in [6, 6.07) is 15.0. The van der Waals surface area contributed by atoms with Gasteiger partial charge in [-0.05, 0) is 68.4 Å². The number of fused-ring (bicyclic) bond motifs is 1. The number of carboxylic acids is 1. The fourth-order valence-corrected chi connectivity index (χ4v) is 5.70. The van der Waals surface area contributed by atoms with Crippen molar-refractivity contribution in [3.63, 3.8) is 0 Å². The second-order valence-electron chi connectivity index (χ2n) is 9.13. The Balaban J connectivity index is 1.49. The number of aromatic amines is 1. The lowest BCUT2D eigenvalue weighted by atomic mass is 9.74. The van der Waals surface area contributed by atoms with Crippen LogP contribution in [0.2, 0.25) is 0 Å². The van der Waals surface area contributed by atoms with Crippen LogP contribution in [0.5, 0.6) is 0 Å². The number of hydrogen-bond acceptors (Lipinski definition) is 4. The van der Waals surface area contributed by atoms with Gasteiger partial charge in [0.2, 0.25) is 10.0 Å². The first-order valence-electron chi connectivity index (χ1n) is 11.2. The molecule has 33 heavy (non-hydrogen) atoms. The molecule has 0 unspecified atom stereocenters. The van der Waals surface area contributed by atoms with Crippen LogP contribution in [-0.4, -0.2) is 44.2 Å². The van der Waals surface area contributed by atoms with Gasteiger partial charge in [-0.15, -0.1) is 0 Å². The molecule has 0 saturated heterocycles. The van der Waals surface area contributed by atoms with E-state index in [0.29, 0.717) is 32.3 Å². The van der Waals surface area contributed by atoms with Crippen LogP contribution in [0, 0.1) is 5.41 Å². The number of carbonyl (C=O) groups is 1. The molecule has 0 spiro atoms. The molecule has 4 rings (SSSR count). The van der Waals surface area contributed by atoms with Crippen molar-refractivity contribution in [3.8, 4) is 11.3 Å². The molecule has 0 atom stereocenters. The van der Waals surface area contributed by atoms with Crippen molar-refractivity contribution < 1.29 is 23.1 Å². The summed E-state index contributed by atoms with van der Waals surface area (Å²) in [7, 11) is -2.02. The number of hydrogen-bond donors (Lipinski definition) is 3. The van der Waals surface area contributed by atoms with Crippen LogP contribution < -0.4 is 4.72 Å². The number of nitrogens with one attached hydrogen (secondary N) is 2. The predicted molar refractivity (Wildman–Crippen MR) is 128 cm³/mol. The Morgan fingerprint density at radius 2 is 1.85 bits per heavy atom. The summed E-state index contributed by atoms with van der Waals surface area (Å²) in [5.41, 5.74) is 3.12. The van der Waals surface area contributed by atoms with Gasteiger partial charge in [-0.1, -0.05) is 30.3 Å². The minimum Gasteiger partial charge on any atom is -0.481 e. The maximum absolute atomic E-state index is 13.0. The third-order valence-electron chi connectivity index (χ3n) is 6.69. The molecule has 1 saturated carbocycles. The van der Waals surface area contributed by atoms with Crippen molar-refractivity contribution >= 4 is 26.9 Å². The van der Waals surface area contributed by atoms with Gasteiger partial charge in [0.05, 0.1) is 16.9 Å². The summed E-state index contributed by atoms with van der Waals surface area (Å²) in [5.74, 6) is -0.818. The Bertz CT molecular complexity index is 1240. The number of aliphatic carboxylic acids is 1. The molecule has 8 heteroatoms. The molecule has 1 aromatic heterocycles. The van der Waals surface area contributed by atoms with E-state index < -0.39 is 21.4 Å². The number of sulfonamides is 1. The molecule has 0 bridgehead atoms. The molecular formula is C25H30N2O5S. The third kappa shape index (κ3) is 5.13. The van der Waals surface area contributed by atoms with E-state index in [1.165, 1.54) is 5.56 Å². The van der Waals surface area contributed by atoms with Gasteiger partial charge < -0.3 is 14.8 Å². The normalized spacial score (nSPS) is 21.3. The van der Waals surface area contributed by atoms with Crippen LogP contribution in [0.3, 0.4) is 0 Å². The number of ether oxygens (including phenoxy) is 1. The molecule has 7 nitrogen and oxygen atoms in total. The number of H-pyrrole nitrogens is 1. The minimum absolute atomic E-state index is 0.199. The van der Waals surface area contributed by atoms with Crippen LogP contribution in [0.25, 0.3) is 22.2 Å². The van der Waals surface area contributed by atoms with E-state index in [0.717, 1.165) is 28.6 Å². The second kappa shape index (κ2) is 9.29. The van der Waals surface area contributed by atoms with Gasteiger partial charge in [0, 0.05) is 29.7 Å². The van der Waals surface area contributed by atoms with E-state index in [2.05, 4.69) is 21.8 Å². The van der Waals surface area contributed by atoms with Gasteiger partial charge in [0.15, 0.2) is 0 Å². The Morgan fingerprint density at radius 3 is 2.48 bits per heavy atom. The lowest BCUT2D eigenvalue weighted by Gasteiger charge is -2.34. The molecule has 176 valence electrons. The maximum atomic E-state index is 13.0. The topological polar surface area (TPSA) is 108 Å². The molecule has 3 aromatic rings. The molecule has 1 heterocycles. The monoisotopic (exact) mass is 470 g/mol. The highest BCUT2D eigenvalue weighted by Gasteiger charge is 2.38. The molecule has 1 aliphatic carbocycles. The van der Waals surface area contributed by atoms with Crippen molar-refractivity contribution in [3.05, 3.63) is 54.1 Å². The number of rotatable bonds is 8. The van der Waals surface area contributed by atoms with E-state index in [-0.39, 0.29) is 10.9 Å². The molecule has 1 aliphatic rings. The Kier molecular flexibility index (Phi) is 6.61. The van der Waals surface area contributed by atoms with Gasteiger partial charge in [0.1, 0.15) is 0 Å². The third-order valence-corrected chi connectivity index (χ3v) is 8.21. The Labute approximate surface area is 194 Å². The van der Waals surface area contributed by atoms with Crippen molar-refractivity contribution in [2.24, 2.45) is 5.41 Å². The van der Waals surface area contributed by atoms with Gasteiger partial charge in [-0.2, -0.15) is 0 Å². The molecule has 0 amide bonds. The summed E-state index contributed by atoms with van der Waals surface area (Å²) < 4.78 is 33.9. The number of carboxylic acid groups (broad SMARTS) is 1. The Morgan fingerprint density at radius 1 is 1.15 bits per heavy atom. The van der Waals surface area contributed by atoms with Gasteiger partial charge in [-0.25, -0.2) is 13.1 Å². The zero-order valence-corrected chi connectivity index (χ0v) is 19.7. The van der Waals surface area contributed by atoms with Crippen molar-refractivity contribution in [2.75, 3.05) is 13.7 Å². The minimum atomic E-state index is -3.71. The number of benzene rings is 2. The summed E-state index contributed by atoms with van der Waals surface area (Å²) in [6.07, 6.45) is 2.79. The quantitative estimate of drug-likeness (QED) is 0.454. The van der Waals surface area contributed by atoms with Gasteiger partial charge in [-0.3, -0.25) is 4.79 Å².